The molecule has 2 heterocycles. The Hall–Kier alpha value is -5.46. The van der Waals surface area contributed by atoms with Gasteiger partial charge in [-0.25, -0.2) is 4.57 Å². The van der Waals surface area contributed by atoms with E-state index in [4.69, 9.17) is 4.42 Å². The number of hydrogen-bond donors (Lipinski definition) is 0. The van der Waals surface area contributed by atoms with Crippen LogP contribution in [0.3, 0.4) is 0 Å². The van der Waals surface area contributed by atoms with Gasteiger partial charge >= 0.3 is 0 Å². The first-order chi connectivity index (χ1) is 20.1. The molecule has 194 valence electrons. The minimum atomic E-state index is 0.594. The first kappa shape index (κ1) is 24.6. The summed E-state index contributed by atoms with van der Waals surface area (Å²) in [4.78, 5) is 0. The van der Waals surface area contributed by atoms with E-state index >= 15 is 0 Å². The van der Waals surface area contributed by atoms with E-state index in [2.05, 4.69) is 109 Å². The third-order valence-electron chi connectivity index (χ3n) is 7.93. The van der Waals surface area contributed by atoms with Crippen LogP contribution in [0.15, 0.2) is 132 Å². The molecule has 2 aromatic heterocycles. The summed E-state index contributed by atoms with van der Waals surface area (Å²) in [6.45, 7) is 2.11. The van der Waals surface area contributed by atoms with E-state index in [1.165, 1.54) is 11.1 Å². The minimum absolute atomic E-state index is 0.594. The highest BCUT2D eigenvalue weighted by Gasteiger charge is 2.23. The number of furan rings is 1. The van der Waals surface area contributed by atoms with Gasteiger partial charge in [-0.2, -0.15) is 5.26 Å². The van der Waals surface area contributed by atoms with Crippen LogP contribution in [0.25, 0.3) is 66.6 Å². The molecule has 0 bridgehead atoms. The van der Waals surface area contributed by atoms with Gasteiger partial charge in [0.25, 0.3) is 0 Å². The molecule has 3 nitrogen and oxygen atoms in total. The molecule has 0 saturated carbocycles. The molecule has 0 unspecified atom stereocenters. The first-order valence-electron chi connectivity index (χ1n) is 13.7. The molecule has 0 N–H and O–H groups in total. The molecule has 0 radical (unpaired) electrons. The zero-order chi connectivity index (χ0) is 27.9. The fraction of sp³-hybridized carbons (Fsp3) is 0.0526. The van der Waals surface area contributed by atoms with Crippen LogP contribution in [0.4, 0.5) is 0 Å². The van der Waals surface area contributed by atoms with Gasteiger partial charge in [-0.15, -0.1) is 0 Å². The highest BCUT2D eigenvalue weighted by molar-refractivity contribution is 6.14. The largest absolute Gasteiger partial charge is 0.454 e. The molecule has 7 aromatic rings. The average Bonchev–Trinajstić information content (AvgIpc) is 3.40. The number of nitriles is 1. The van der Waals surface area contributed by atoms with Crippen molar-refractivity contribution in [2.24, 2.45) is 7.05 Å². The van der Waals surface area contributed by atoms with Crippen molar-refractivity contribution in [3.63, 3.8) is 0 Å². The molecule has 0 spiro atoms. The third-order valence-corrected chi connectivity index (χ3v) is 7.93. The lowest BCUT2D eigenvalue weighted by Gasteiger charge is -2.09. The molecule has 0 aliphatic rings. The molecule has 0 aliphatic heterocycles. The van der Waals surface area contributed by atoms with Gasteiger partial charge in [0.1, 0.15) is 18.2 Å². The summed E-state index contributed by atoms with van der Waals surface area (Å²) in [5.41, 5.74) is 11.8. The van der Waals surface area contributed by atoms with Crippen LogP contribution in [0.2, 0.25) is 0 Å². The van der Waals surface area contributed by atoms with Gasteiger partial charge in [0, 0.05) is 28.5 Å². The zero-order valence-electron chi connectivity index (χ0n) is 22.9. The van der Waals surface area contributed by atoms with Gasteiger partial charge in [-0.05, 0) is 64.6 Å². The Kier molecular flexibility index (Phi) is 5.95. The van der Waals surface area contributed by atoms with E-state index in [1.54, 1.807) is 0 Å². The van der Waals surface area contributed by atoms with Crippen LogP contribution in [-0.2, 0) is 7.05 Å². The summed E-state index contributed by atoms with van der Waals surface area (Å²) in [5, 5.41) is 12.2. The van der Waals surface area contributed by atoms with Crippen LogP contribution in [-0.4, -0.2) is 0 Å². The van der Waals surface area contributed by atoms with Crippen molar-refractivity contribution in [2.45, 2.75) is 6.92 Å². The van der Waals surface area contributed by atoms with Crippen molar-refractivity contribution in [2.75, 3.05) is 0 Å². The predicted molar refractivity (Wildman–Crippen MR) is 166 cm³/mol. The second-order valence-electron chi connectivity index (χ2n) is 10.4. The van der Waals surface area contributed by atoms with Gasteiger partial charge in [-0.3, -0.25) is 0 Å². The number of hydrogen-bond acceptors (Lipinski definition) is 2. The second kappa shape index (κ2) is 9.93. The van der Waals surface area contributed by atoms with Crippen molar-refractivity contribution in [3.05, 3.63) is 139 Å². The lowest BCUT2D eigenvalue weighted by atomic mass is 9.93. The summed E-state index contributed by atoms with van der Waals surface area (Å²) in [6.07, 6.45) is 2.05. The average molecular weight is 528 g/mol. The lowest BCUT2D eigenvalue weighted by molar-refractivity contribution is -0.660. The van der Waals surface area contributed by atoms with E-state index in [0.29, 0.717) is 5.56 Å². The summed E-state index contributed by atoms with van der Waals surface area (Å²) in [6, 6.07) is 44.2. The minimum Gasteiger partial charge on any atom is -0.454 e. The Balaban J connectivity index is 1.40. The van der Waals surface area contributed by atoms with Gasteiger partial charge < -0.3 is 4.42 Å². The van der Waals surface area contributed by atoms with Crippen LogP contribution in [0.1, 0.15) is 11.1 Å². The van der Waals surface area contributed by atoms with Crippen LogP contribution in [0.5, 0.6) is 0 Å². The van der Waals surface area contributed by atoms with Crippen LogP contribution in [0, 0.1) is 18.3 Å². The van der Waals surface area contributed by atoms with E-state index in [0.717, 1.165) is 61.0 Å². The summed E-state index contributed by atoms with van der Waals surface area (Å²) in [7, 11) is 2.05. The smallest absolute Gasteiger partial charge is 0.216 e. The predicted octanol–water partition coefficient (Wildman–Crippen LogP) is 9.26. The normalized spacial score (nSPS) is 11.1. The third kappa shape index (κ3) is 4.18. The standard InChI is InChI=1S/C38H27N2O/c1-25-14-20-32-33-21-19-31(24-39)36(38(33)41-37(32)35(25)34-13-6-7-22-40(34)2)30-12-8-11-29(23-30)28-17-15-27(16-18-28)26-9-4-3-5-10-26/h3-23H,1-2H3/q+1. The van der Waals surface area contributed by atoms with Gasteiger partial charge in [0.05, 0.1) is 17.2 Å². The van der Waals surface area contributed by atoms with Crippen LogP contribution < -0.4 is 4.57 Å². The number of rotatable bonds is 4. The summed E-state index contributed by atoms with van der Waals surface area (Å²) in [5.74, 6) is 0. The maximum Gasteiger partial charge on any atom is 0.216 e. The van der Waals surface area contributed by atoms with Crippen molar-refractivity contribution >= 4 is 21.9 Å². The van der Waals surface area contributed by atoms with E-state index in [1.807, 2.05) is 43.6 Å². The SMILES string of the molecule is Cc1ccc2c(oc3c(-c4cccc(-c5ccc(-c6ccccc6)cc5)c4)c(C#N)ccc32)c1-c1cccc[n+]1C. The highest BCUT2D eigenvalue weighted by atomic mass is 16.3. The first-order valence-corrected chi connectivity index (χ1v) is 13.7. The quantitative estimate of drug-likeness (QED) is 0.214. The molecule has 41 heavy (non-hydrogen) atoms. The highest BCUT2D eigenvalue weighted by Crippen LogP contribution is 2.42. The Bertz CT molecular complexity index is 2110. The van der Waals surface area contributed by atoms with Crippen molar-refractivity contribution < 1.29 is 8.98 Å². The van der Waals surface area contributed by atoms with Gasteiger partial charge in [0.15, 0.2) is 6.20 Å². The second-order valence-corrected chi connectivity index (χ2v) is 10.4. The summed E-state index contributed by atoms with van der Waals surface area (Å²) >= 11 is 0. The molecule has 7 rings (SSSR count). The van der Waals surface area contributed by atoms with E-state index in [-0.39, 0.29) is 0 Å². The zero-order valence-corrected chi connectivity index (χ0v) is 22.9. The molecule has 0 fully saturated rings. The molecule has 0 saturated heterocycles. The number of benzene rings is 5. The summed E-state index contributed by atoms with van der Waals surface area (Å²) < 4.78 is 8.86. The van der Waals surface area contributed by atoms with Gasteiger partial charge in [-0.1, -0.05) is 84.9 Å². The van der Waals surface area contributed by atoms with Gasteiger partial charge in [0.2, 0.25) is 5.69 Å². The maximum atomic E-state index is 10.2. The molecular formula is C38H27N2O+. The molecule has 0 atom stereocenters. The number of aryl methyl sites for hydroxylation is 2. The number of pyridine rings is 1. The van der Waals surface area contributed by atoms with Crippen molar-refractivity contribution in [1.29, 1.82) is 5.26 Å². The Morgan fingerprint density at radius 3 is 1.93 bits per heavy atom. The Labute approximate surface area is 239 Å². The fourth-order valence-electron chi connectivity index (χ4n) is 5.82. The van der Waals surface area contributed by atoms with E-state index < -0.39 is 0 Å². The Morgan fingerprint density at radius 2 is 1.20 bits per heavy atom. The van der Waals surface area contributed by atoms with Crippen LogP contribution >= 0.6 is 0 Å². The maximum absolute atomic E-state index is 10.2. The molecule has 0 amide bonds. The number of aromatic nitrogens is 1. The fourth-order valence-corrected chi connectivity index (χ4v) is 5.82. The van der Waals surface area contributed by atoms with Crippen molar-refractivity contribution in [1.82, 2.24) is 0 Å². The number of fused-ring (bicyclic) bond motifs is 3. The molecule has 5 aromatic carbocycles. The topological polar surface area (TPSA) is 40.8 Å². The van der Waals surface area contributed by atoms with E-state index in [9.17, 15) is 5.26 Å². The monoisotopic (exact) mass is 527 g/mol. The lowest BCUT2D eigenvalue weighted by Crippen LogP contribution is -2.30. The Morgan fingerprint density at radius 1 is 0.585 bits per heavy atom. The molecule has 0 aliphatic carbocycles. The number of nitrogens with zero attached hydrogens (tertiary/aromatic N) is 2. The molecular weight excluding hydrogens is 500 g/mol. The van der Waals surface area contributed by atoms with Crippen molar-refractivity contribution in [3.8, 4) is 50.7 Å². The molecule has 3 heteroatoms.